The third kappa shape index (κ3) is 3.51. The highest BCUT2D eigenvalue weighted by molar-refractivity contribution is 7.89. The summed E-state index contributed by atoms with van der Waals surface area (Å²) in [5.41, 5.74) is 5.66. The fraction of sp³-hybridized carbons (Fsp3) is 0.538. The van der Waals surface area contributed by atoms with Crippen LogP contribution in [-0.2, 0) is 21.3 Å². The minimum Gasteiger partial charge on any atom is -0.380 e. The number of rotatable bonds is 4. The van der Waals surface area contributed by atoms with Crippen molar-refractivity contribution in [3.8, 4) is 0 Å². The van der Waals surface area contributed by atoms with Gasteiger partial charge in [0.05, 0.1) is 17.0 Å². The summed E-state index contributed by atoms with van der Waals surface area (Å²) in [7, 11) is -3.62. The Hall–Kier alpha value is -0.660. The summed E-state index contributed by atoms with van der Waals surface area (Å²) in [5, 5.41) is 0.362. The Morgan fingerprint density at radius 1 is 1.50 bits per heavy atom. The van der Waals surface area contributed by atoms with E-state index in [9.17, 15) is 8.42 Å². The summed E-state index contributed by atoms with van der Waals surface area (Å²) in [6.45, 7) is 3.17. The zero-order valence-electron chi connectivity index (χ0n) is 11.4. The molecule has 1 fully saturated rings. The summed E-state index contributed by atoms with van der Waals surface area (Å²) in [4.78, 5) is 0.145. The molecule has 0 amide bonds. The van der Waals surface area contributed by atoms with Crippen molar-refractivity contribution in [3.63, 3.8) is 0 Å². The van der Waals surface area contributed by atoms with Crippen LogP contribution in [0.2, 0.25) is 5.02 Å². The van der Waals surface area contributed by atoms with E-state index in [0.717, 1.165) is 18.4 Å². The number of nitrogens with one attached hydrogen (secondary N) is 1. The van der Waals surface area contributed by atoms with Crippen LogP contribution in [0.15, 0.2) is 23.1 Å². The number of ether oxygens (including phenoxy) is 1. The van der Waals surface area contributed by atoms with Gasteiger partial charge in [-0.3, -0.25) is 0 Å². The Kier molecular flexibility index (Phi) is 4.71. The molecule has 20 heavy (non-hydrogen) atoms. The smallest absolute Gasteiger partial charge is 0.241 e. The van der Waals surface area contributed by atoms with Crippen LogP contribution in [0.5, 0.6) is 0 Å². The molecule has 1 saturated heterocycles. The Bertz CT molecular complexity index is 583. The van der Waals surface area contributed by atoms with Gasteiger partial charge in [0.15, 0.2) is 0 Å². The molecule has 5 nitrogen and oxygen atoms in total. The van der Waals surface area contributed by atoms with Crippen molar-refractivity contribution in [1.82, 2.24) is 4.72 Å². The fourth-order valence-corrected chi connectivity index (χ4v) is 4.03. The van der Waals surface area contributed by atoms with E-state index in [2.05, 4.69) is 4.72 Å². The number of sulfonamides is 1. The fourth-order valence-electron chi connectivity index (χ4n) is 2.26. The Morgan fingerprint density at radius 3 is 2.80 bits per heavy atom. The molecular formula is C13H19ClN2O3S. The van der Waals surface area contributed by atoms with Gasteiger partial charge in [0.25, 0.3) is 0 Å². The average molecular weight is 319 g/mol. The van der Waals surface area contributed by atoms with E-state index in [1.54, 1.807) is 6.07 Å². The summed E-state index contributed by atoms with van der Waals surface area (Å²) >= 11 is 6.02. The van der Waals surface area contributed by atoms with E-state index in [1.165, 1.54) is 12.1 Å². The van der Waals surface area contributed by atoms with Gasteiger partial charge < -0.3 is 10.5 Å². The Balaban J connectivity index is 2.24. The highest BCUT2D eigenvalue weighted by Gasteiger charge is 2.33. The van der Waals surface area contributed by atoms with Crippen LogP contribution >= 0.6 is 11.6 Å². The molecule has 1 aliphatic heterocycles. The first-order chi connectivity index (χ1) is 9.36. The molecule has 3 N–H and O–H groups in total. The summed E-state index contributed by atoms with van der Waals surface area (Å²) in [5.74, 6) is 0. The molecule has 1 unspecified atom stereocenters. The molecule has 2 rings (SSSR count). The molecule has 0 bridgehead atoms. The molecule has 112 valence electrons. The van der Waals surface area contributed by atoms with Crippen molar-refractivity contribution in [2.75, 3.05) is 13.2 Å². The number of benzene rings is 1. The summed E-state index contributed by atoms with van der Waals surface area (Å²) < 4.78 is 32.9. The van der Waals surface area contributed by atoms with Crippen LogP contribution in [0.25, 0.3) is 0 Å². The second-order valence-electron chi connectivity index (χ2n) is 5.28. The number of hydrogen-bond acceptors (Lipinski definition) is 4. The van der Waals surface area contributed by atoms with E-state index in [1.807, 2.05) is 6.92 Å². The molecule has 0 radical (unpaired) electrons. The minimum absolute atomic E-state index is 0.145. The standard InChI is InChI=1S/C13H19ClN2O3S/c1-13(5-2-6-19-9-13)16-20(17,18)11-4-3-10(8-15)12(14)7-11/h3-4,7,16H,2,5-6,8-9,15H2,1H3. The van der Waals surface area contributed by atoms with Gasteiger partial charge in [-0.25, -0.2) is 13.1 Å². The number of hydrogen-bond donors (Lipinski definition) is 2. The predicted molar refractivity (Wildman–Crippen MR) is 78.1 cm³/mol. The van der Waals surface area contributed by atoms with Crippen molar-refractivity contribution in [1.29, 1.82) is 0 Å². The van der Waals surface area contributed by atoms with E-state index >= 15 is 0 Å². The van der Waals surface area contributed by atoms with Gasteiger partial charge in [0.2, 0.25) is 10.0 Å². The first-order valence-corrected chi connectivity index (χ1v) is 8.33. The molecule has 1 heterocycles. The van der Waals surface area contributed by atoms with E-state index < -0.39 is 15.6 Å². The van der Waals surface area contributed by atoms with Crippen molar-refractivity contribution in [3.05, 3.63) is 28.8 Å². The Morgan fingerprint density at radius 2 is 2.25 bits per heavy atom. The summed E-state index contributed by atoms with van der Waals surface area (Å²) in [6.07, 6.45) is 1.59. The maximum absolute atomic E-state index is 12.4. The maximum Gasteiger partial charge on any atom is 0.241 e. The largest absolute Gasteiger partial charge is 0.380 e. The topological polar surface area (TPSA) is 81.4 Å². The van der Waals surface area contributed by atoms with Crippen LogP contribution in [0, 0.1) is 0 Å². The first kappa shape index (κ1) is 15.7. The number of halogens is 1. The van der Waals surface area contributed by atoms with Crippen molar-refractivity contribution in [2.24, 2.45) is 5.73 Å². The van der Waals surface area contributed by atoms with E-state index in [0.29, 0.717) is 18.2 Å². The van der Waals surface area contributed by atoms with Crippen molar-refractivity contribution >= 4 is 21.6 Å². The lowest BCUT2D eigenvalue weighted by atomic mass is 9.97. The molecule has 0 aliphatic carbocycles. The van der Waals surface area contributed by atoms with Crippen LogP contribution < -0.4 is 10.5 Å². The molecule has 1 aromatic rings. The molecule has 1 atom stereocenters. The minimum atomic E-state index is -3.62. The number of nitrogens with two attached hydrogens (primary N) is 1. The first-order valence-electron chi connectivity index (χ1n) is 6.46. The van der Waals surface area contributed by atoms with Crippen LogP contribution in [0.4, 0.5) is 0 Å². The van der Waals surface area contributed by atoms with E-state index in [-0.39, 0.29) is 11.4 Å². The molecule has 7 heteroatoms. The van der Waals surface area contributed by atoms with Gasteiger partial charge in [-0.05, 0) is 37.5 Å². The third-order valence-corrected chi connectivity index (χ3v) is 5.36. The SMILES string of the molecule is CC1(NS(=O)(=O)c2ccc(CN)c(Cl)c2)CCCOC1. The van der Waals surface area contributed by atoms with Gasteiger partial charge in [0.1, 0.15) is 0 Å². The average Bonchev–Trinajstić information content (AvgIpc) is 2.38. The molecule has 1 aromatic carbocycles. The maximum atomic E-state index is 12.4. The lowest BCUT2D eigenvalue weighted by molar-refractivity contribution is 0.0386. The zero-order valence-corrected chi connectivity index (χ0v) is 12.9. The van der Waals surface area contributed by atoms with Crippen LogP contribution in [0.1, 0.15) is 25.3 Å². The van der Waals surface area contributed by atoms with Gasteiger partial charge in [0, 0.05) is 18.2 Å². The molecule has 1 aliphatic rings. The van der Waals surface area contributed by atoms with Gasteiger partial charge >= 0.3 is 0 Å². The highest BCUT2D eigenvalue weighted by Crippen LogP contribution is 2.24. The quantitative estimate of drug-likeness (QED) is 0.884. The molecule has 0 aromatic heterocycles. The van der Waals surface area contributed by atoms with Crippen molar-refractivity contribution in [2.45, 2.75) is 36.7 Å². The van der Waals surface area contributed by atoms with Gasteiger partial charge in [-0.2, -0.15) is 0 Å². The monoisotopic (exact) mass is 318 g/mol. The molecule has 0 spiro atoms. The Labute approximate surface area is 124 Å². The molecular weight excluding hydrogens is 300 g/mol. The lowest BCUT2D eigenvalue weighted by Crippen LogP contribution is -2.51. The highest BCUT2D eigenvalue weighted by atomic mass is 35.5. The summed E-state index contributed by atoms with van der Waals surface area (Å²) in [6, 6.07) is 4.58. The normalized spacial score (nSPS) is 23.8. The lowest BCUT2D eigenvalue weighted by Gasteiger charge is -2.33. The third-order valence-electron chi connectivity index (χ3n) is 3.37. The van der Waals surface area contributed by atoms with E-state index in [4.69, 9.17) is 22.1 Å². The zero-order chi connectivity index (χ0) is 14.8. The second kappa shape index (κ2) is 5.99. The second-order valence-corrected chi connectivity index (χ2v) is 7.37. The molecule has 0 saturated carbocycles. The predicted octanol–water partition coefficient (Wildman–Crippen LogP) is 1.65. The van der Waals surface area contributed by atoms with Crippen LogP contribution in [-0.4, -0.2) is 27.2 Å². The van der Waals surface area contributed by atoms with Gasteiger partial charge in [-0.15, -0.1) is 0 Å². The van der Waals surface area contributed by atoms with Crippen LogP contribution in [0.3, 0.4) is 0 Å². The van der Waals surface area contributed by atoms with Gasteiger partial charge in [-0.1, -0.05) is 17.7 Å². The van der Waals surface area contributed by atoms with Crippen molar-refractivity contribution < 1.29 is 13.2 Å².